The Morgan fingerprint density at radius 1 is 0.329 bits per heavy atom. The Balaban J connectivity index is 0.900. The second kappa shape index (κ2) is 15.2. The Hall–Kier alpha value is -9.17. The second-order valence-corrected chi connectivity index (χ2v) is 18.9. The molecular weight excluding hydrogens is 877 g/mol. The number of hydrogen-bond donors (Lipinski definition) is 0. The number of thiophene rings is 1. The van der Waals surface area contributed by atoms with Crippen molar-refractivity contribution >= 4 is 97.2 Å². The molecule has 0 saturated carbocycles. The average Bonchev–Trinajstić information content (AvgIpc) is 4.19. The van der Waals surface area contributed by atoms with Crippen LogP contribution in [0.2, 0.25) is 0 Å². The highest BCUT2D eigenvalue weighted by Gasteiger charge is 2.23. The summed E-state index contributed by atoms with van der Waals surface area (Å²) in [7, 11) is 0. The summed E-state index contributed by atoms with van der Waals surface area (Å²) in [5, 5.41) is 9.25. The van der Waals surface area contributed by atoms with Gasteiger partial charge in [-0.3, -0.25) is 0 Å². The highest BCUT2D eigenvalue weighted by molar-refractivity contribution is 7.26. The van der Waals surface area contributed by atoms with Gasteiger partial charge in [-0.1, -0.05) is 152 Å². The normalized spacial score (nSPS) is 12.0. The summed E-state index contributed by atoms with van der Waals surface area (Å²) in [6, 6.07) is 76.7. The van der Waals surface area contributed by atoms with Gasteiger partial charge in [0.2, 0.25) is 0 Å². The van der Waals surface area contributed by atoms with Crippen LogP contribution in [0.25, 0.3) is 148 Å². The Morgan fingerprint density at radius 2 is 0.943 bits per heavy atom. The molecule has 326 valence electrons. The molecule has 0 saturated heterocycles. The molecule has 0 spiro atoms. The third-order valence-corrected chi connectivity index (χ3v) is 15.0. The fourth-order valence-corrected chi connectivity index (χ4v) is 11.8. The maximum absolute atomic E-state index is 6.66. The van der Waals surface area contributed by atoms with Crippen LogP contribution in [0.5, 0.6) is 0 Å². The molecule has 15 rings (SSSR count). The van der Waals surface area contributed by atoms with Crippen LogP contribution in [0.15, 0.2) is 227 Å². The number of fused-ring (bicyclic) bond motifs is 13. The number of hydrogen-bond acceptors (Lipinski definition) is 6. The Labute approximate surface area is 404 Å². The van der Waals surface area contributed by atoms with Gasteiger partial charge in [0.25, 0.3) is 0 Å². The Kier molecular flexibility index (Phi) is 8.43. The lowest BCUT2D eigenvalue weighted by Crippen LogP contribution is -2.00. The van der Waals surface area contributed by atoms with Crippen LogP contribution in [0.4, 0.5) is 0 Å². The van der Waals surface area contributed by atoms with Gasteiger partial charge in [0.15, 0.2) is 17.5 Å². The van der Waals surface area contributed by atoms with E-state index in [4.69, 9.17) is 23.8 Å². The van der Waals surface area contributed by atoms with Crippen molar-refractivity contribution in [3.8, 4) is 62.1 Å². The zero-order valence-corrected chi connectivity index (χ0v) is 38.1. The van der Waals surface area contributed by atoms with Crippen molar-refractivity contribution in [1.29, 1.82) is 0 Å². The van der Waals surface area contributed by atoms with Gasteiger partial charge in [-0.15, -0.1) is 11.3 Å². The van der Waals surface area contributed by atoms with Gasteiger partial charge in [0.05, 0.1) is 11.0 Å². The second-order valence-electron chi connectivity index (χ2n) is 17.9. The summed E-state index contributed by atoms with van der Waals surface area (Å²) in [6.45, 7) is 0. The van der Waals surface area contributed by atoms with Crippen LogP contribution >= 0.6 is 11.3 Å². The molecule has 5 heterocycles. The number of para-hydroxylation sites is 3. The number of furan rings is 2. The summed E-state index contributed by atoms with van der Waals surface area (Å²) in [6.07, 6.45) is 0. The van der Waals surface area contributed by atoms with Crippen molar-refractivity contribution in [3.63, 3.8) is 0 Å². The first-order chi connectivity index (χ1) is 34.7. The fourth-order valence-electron chi connectivity index (χ4n) is 10.7. The van der Waals surface area contributed by atoms with Crippen molar-refractivity contribution in [2.24, 2.45) is 0 Å². The van der Waals surface area contributed by atoms with Gasteiger partial charge in [-0.25, -0.2) is 15.0 Å². The van der Waals surface area contributed by atoms with Crippen LogP contribution in [-0.4, -0.2) is 19.5 Å². The summed E-state index contributed by atoms with van der Waals surface area (Å²) >= 11 is 1.86. The van der Waals surface area contributed by atoms with E-state index in [1.807, 2.05) is 72.0 Å². The van der Waals surface area contributed by atoms with Gasteiger partial charge in [-0.2, -0.15) is 0 Å². The molecular formula is C63H36N4O2S. The minimum absolute atomic E-state index is 0.570. The van der Waals surface area contributed by atoms with Gasteiger partial charge in [0.1, 0.15) is 22.3 Å². The van der Waals surface area contributed by atoms with E-state index in [1.54, 1.807) is 0 Å². The van der Waals surface area contributed by atoms with E-state index in [0.717, 1.165) is 94.0 Å². The highest BCUT2D eigenvalue weighted by atomic mass is 32.1. The molecule has 15 aromatic rings. The number of aromatic nitrogens is 4. The lowest BCUT2D eigenvalue weighted by molar-refractivity contribution is 0.668. The largest absolute Gasteiger partial charge is 0.456 e. The SMILES string of the molecule is c1ccc(-c2nc(-c3ccc(-c4ccc5c(c4)oc4ccccc45)cc3)nc(-c3cccc4oc5ccc(-c6cccc7c8c9c(ccc8n(-c8ccccc8)c67)sc6ccccc69)cc5c34)n2)cc1. The zero-order valence-electron chi connectivity index (χ0n) is 37.3. The molecule has 0 aliphatic carbocycles. The Morgan fingerprint density at radius 3 is 1.80 bits per heavy atom. The average molecular weight is 913 g/mol. The third-order valence-electron chi connectivity index (χ3n) is 13.9. The first kappa shape index (κ1) is 38.9. The highest BCUT2D eigenvalue weighted by Crippen LogP contribution is 2.47. The maximum Gasteiger partial charge on any atom is 0.164 e. The molecule has 5 aromatic heterocycles. The Bertz CT molecular complexity index is 4580. The predicted octanol–water partition coefficient (Wildman–Crippen LogP) is 17.5. The molecule has 0 amide bonds. The lowest BCUT2D eigenvalue weighted by Gasteiger charge is -2.12. The first-order valence-corrected chi connectivity index (χ1v) is 24.2. The van der Waals surface area contributed by atoms with Crippen LogP contribution in [-0.2, 0) is 0 Å². The van der Waals surface area contributed by atoms with E-state index >= 15 is 0 Å². The van der Waals surface area contributed by atoms with E-state index in [1.165, 1.54) is 36.5 Å². The molecule has 0 aliphatic rings. The summed E-state index contributed by atoms with van der Waals surface area (Å²) in [5.41, 5.74) is 13.8. The van der Waals surface area contributed by atoms with Crippen LogP contribution in [0, 0.1) is 0 Å². The molecule has 0 N–H and O–H groups in total. The van der Waals surface area contributed by atoms with Gasteiger partial charge in [0, 0.05) is 80.4 Å². The quantitative estimate of drug-likeness (QED) is 0.166. The van der Waals surface area contributed by atoms with Crippen molar-refractivity contribution in [2.75, 3.05) is 0 Å². The molecule has 0 fully saturated rings. The van der Waals surface area contributed by atoms with Crippen molar-refractivity contribution in [1.82, 2.24) is 19.5 Å². The van der Waals surface area contributed by atoms with E-state index in [9.17, 15) is 0 Å². The van der Waals surface area contributed by atoms with Crippen LogP contribution in [0.3, 0.4) is 0 Å². The number of nitrogens with zero attached hydrogens (tertiary/aromatic N) is 4. The molecule has 0 radical (unpaired) electrons. The fraction of sp³-hybridized carbons (Fsp3) is 0. The number of rotatable bonds is 6. The third kappa shape index (κ3) is 5.95. The van der Waals surface area contributed by atoms with E-state index in [2.05, 4.69) is 162 Å². The molecule has 0 bridgehead atoms. The standard InChI is InChI=1S/C63H36N4O2S/c1-3-13-38(14-4-1)61-64-62(39-27-25-37(26-28-39)40-29-31-45-44-17-7-9-22-51(44)69-54(45)36-40)66-63(65-61)48-21-12-23-53-57(48)49-35-41(30-33-52(49)68-53)43-19-11-20-47-58-50(67(60(43)47)42-15-5-2-6-16-42)32-34-56-59(58)46-18-8-10-24-55(46)70-56/h1-36H. The molecule has 0 atom stereocenters. The van der Waals surface area contributed by atoms with E-state index in [-0.39, 0.29) is 0 Å². The summed E-state index contributed by atoms with van der Waals surface area (Å²) in [5.74, 6) is 1.75. The monoisotopic (exact) mass is 912 g/mol. The molecule has 7 heteroatoms. The van der Waals surface area contributed by atoms with Gasteiger partial charge in [-0.05, 0) is 83.4 Å². The zero-order chi connectivity index (χ0) is 45.9. The minimum Gasteiger partial charge on any atom is -0.456 e. The van der Waals surface area contributed by atoms with E-state index in [0.29, 0.717) is 17.5 Å². The van der Waals surface area contributed by atoms with Gasteiger partial charge >= 0.3 is 0 Å². The summed E-state index contributed by atoms with van der Waals surface area (Å²) < 4.78 is 17.9. The molecule has 0 unspecified atom stereocenters. The molecule has 10 aromatic carbocycles. The molecule has 70 heavy (non-hydrogen) atoms. The van der Waals surface area contributed by atoms with E-state index < -0.39 is 0 Å². The molecule has 6 nitrogen and oxygen atoms in total. The summed E-state index contributed by atoms with van der Waals surface area (Å²) in [4.78, 5) is 15.6. The van der Waals surface area contributed by atoms with Crippen molar-refractivity contribution < 1.29 is 8.83 Å². The van der Waals surface area contributed by atoms with Crippen LogP contribution < -0.4 is 0 Å². The predicted molar refractivity (Wildman–Crippen MR) is 289 cm³/mol. The van der Waals surface area contributed by atoms with Crippen molar-refractivity contribution in [2.45, 2.75) is 0 Å². The maximum atomic E-state index is 6.66. The lowest BCUT2D eigenvalue weighted by atomic mass is 9.98. The van der Waals surface area contributed by atoms with Crippen LogP contribution in [0.1, 0.15) is 0 Å². The van der Waals surface area contributed by atoms with Crippen molar-refractivity contribution in [3.05, 3.63) is 218 Å². The topological polar surface area (TPSA) is 69.9 Å². The minimum atomic E-state index is 0.570. The number of benzene rings is 10. The first-order valence-electron chi connectivity index (χ1n) is 23.4. The molecule has 0 aliphatic heterocycles. The van der Waals surface area contributed by atoms with Gasteiger partial charge < -0.3 is 13.4 Å². The smallest absolute Gasteiger partial charge is 0.164 e.